The molecule has 0 heterocycles. The van der Waals surface area contributed by atoms with E-state index in [0.717, 1.165) is 0 Å². The summed E-state index contributed by atoms with van der Waals surface area (Å²) in [5.74, 6) is 0. The molecule has 0 unspecified atom stereocenters. The lowest BCUT2D eigenvalue weighted by atomic mass is 10.6. The molecular formula is C4H4Cl3F6NSi. The largest absolute Gasteiger partial charge is 0.466 e. The second-order valence-electron chi connectivity index (χ2n) is 2.45. The summed E-state index contributed by atoms with van der Waals surface area (Å²) in [7, 11) is 0. The molecule has 0 spiro atoms. The van der Waals surface area contributed by atoms with Crippen LogP contribution in [0.5, 0.6) is 0 Å². The predicted molar refractivity (Wildman–Crippen MR) is 46.9 cm³/mol. The smallest absolute Gasteiger partial charge is 0.155 e. The molecule has 0 fully saturated rings. The van der Waals surface area contributed by atoms with Crippen LogP contribution < -0.4 is 0 Å². The van der Waals surface area contributed by atoms with Gasteiger partial charge in [-0.1, -0.05) is 0 Å². The van der Waals surface area contributed by atoms with Crippen LogP contribution in [-0.2, 0) is 0 Å². The molecule has 0 aliphatic rings. The fourth-order valence-electron chi connectivity index (χ4n) is 0.636. The van der Waals surface area contributed by atoms with Gasteiger partial charge < -0.3 is 0 Å². The minimum Gasteiger partial charge on any atom is -0.155 e. The van der Waals surface area contributed by atoms with Gasteiger partial charge in [0.2, 0.25) is 0 Å². The predicted octanol–water partition coefficient (Wildman–Crippen LogP) is 3.98. The van der Waals surface area contributed by atoms with Crippen molar-refractivity contribution < 1.29 is 26.3 Å². The molecule has 0 atom stereocenters. The van der Waals surface area contributed by atoms with Crippen LogP contribution in [-0.4, -0.2) is 30.0 Å². The first-order valence-corrected chi connectivity index (χ1v) is 8.56. The molecule has 15 heavy (non-hydrogen) atoms. The Kier molecular flexibility index (Phi) is 5.07. The summed E-state index contributed by atoms with van der Waals surface area (Å²) in [4.78, 5) is -1.62. The minimum absolute atomic E-state index is 0.753. The number of nitrogens with zero attached hydrogens (tertiary/aromatic N) is 1. The normalized spacial score (nSPS) is 14.8. The third-order valence-corrected chi connectivity index (χ3v) is 3.72. The molecule has 1 nitrogen and oxygen atoms in total. The molecule has 0 radical (unpaired) electrons. The standard InChI is InChI=1S/C4H4Cl3F6NSi/c5-15(6,7)2-1-14(3(8,9)10)4(11,12)13/h1-2H2. The van der Waals surface area contributed by atoms with E-state index in [-0.39, 0.29) is 0 Å². The van der Waals surface area contributed by atoms with E-state index in [1.165, 1.54) is 0 Å². The molecule has 0 aromatic heterocycles. The molecule has 0 N–H and O–H groups in total. The number of rotatable bonds is 3. The summed E-state index contributed by atoms with van der Waals surface area (Å²) in [6.07, 6.45) is -11.1. The van der Waals surface area contributed by atoms with E-state index < -0.39 is 36.1 Å². The van der Waals surface area contributed by atoms with E-state index in [0.29, 0.717) is 0 Å². The van der Waals surface area contributed by atoms with Crippen molar-refractivity contribution >= 4 is 39.2 Å². The van der Waals surface area contributed by atoms with E-state index in [1.807, 2.05) is 0 Å². The number of alkyl halides is 6. The highest BCUT2D eigenvalue weighted by atomic mass is 35.8. The highest BCUT2D eigenvalue weighted by molar-refractivity contribution is 7.64. The Labute approximate surface area is 96.0 Å². The summed E-state index contributed by atoms with van der Waals surface area (Å²) in [6.45, 7) is -1.41. The molecular weight excluding hydrogens is 310 g/mol. The maximum Gasteiger partial charge on any atom is 0.466 e. The molecule has 0 rings (SSSR count). The average molecular weight is 315 g/mol. The van der Waals surface area contributed by atoms with Gasteiger partial charge in [0.1, 0.15) is 0 Å². The molecule has 0 aromatic carbocycles. The van der Waals surface area contributed by atoms with Crippen LogP contribution in [0.4, 0.5) is 26.3 Å². The minimum atomic E-state index is -5.53. The molecule has 0 bridgehead atoms. The molecule has 0 saturated carbocycles. The molecule has 0 amide bonds. The van der Waals surface area contributed by atoms with Crippen molar-refractivity contribution in [1.82, 2.24) is 4.90 Å². The Hall–Kier alpha value is 0.627. The van der Waals surface area contributed by atoms with Crippen molar-refractivity contribution in [2.45, 2.75) is 18.6 Å². The van der Waals surface area contributed by atoms with Crippen LogP contribution in [0.25, 0.3) is 0 Å². The quantitative estimate of drug-likeness (QED) is 0.330. The van der Waals surface area contributed by atoms with Crippen molar-refractivity contribution in [3.8, 4) is 0 Å². The van der Waals surface area contributed by atoms with Crippen molar-refractivity contribution in [1.29, 1.82) is 0 Å². The second-order valence-corrected chi connectivity index (χ2v) is 11.7. The van der Waals surface area contributed by atoms with E-state index in [1.54, 1.807) is 0 Å². The van der Waals surface area contributed by atoms with Crippen molar-refractivity contribution in [3.05, 3.63) is 0 Å². The summed E-state index contributed by atoms with van der Waals surface area (Å²) in [6, 6.07) is -4.26. The first-order chi connectivity index (χ1) is 6.34. The SMILES string of the molecule is FC(F)(F)N(CC[Si](Cl)(Cl)Cl)C(F)(F)F. The van der Waals surface area contributed by atoms with Crippen LogP contribution in [0.2, 0.25) is 6.04 Å². The van der Waals surface area contributed by atoms with Gasteiger partial charge in [-0.2, -0.15) is 26.3 Å². The van der Waals surface area contributed by atoms with Crippen LogP contribution in [0, 0.1) is 0 Å². The van der Waals surface area contributed by atoms with Crippen LogP contribution in [0.1, 0.15) is 0 Å². The molecule has 92 valence electrons. The van der Waals surface area contributed by atoms with E-state index >= 15 is 0 Å². The lowest BCUT2D eigenvalue weighted by Gasteiger charge is -2.27. The number of hydrogen-bond donors (Lipinski definition) is 0. The maximum atomic E-state index is 11.9. The van der Waals surface area contributed by atoms with Crippen LogP contribution in [0.15, 0.2) is 0 Å². The Bertz CT molecular complexity index is 196. The highest BCUT2D eigenvalue weighted by Gasteiger charge is 2.54. The molecule has 0 aliphatic heterocycles. The fraction of sp³-hybridized carbons (Fsp3) is 1.00. The Morgan fingerprint density at radius 1 is 0.867 bits per heavy atom. The lowest BCUT2D eigenvalue weighted by Crippen LogP contribution is -2.49. The van der Waals surface area contributed by atoms with Gasteiger partial charge in [-0.3, -0.25) is 0 Å². The number of halogens is 9. The van der Waals surface area contributed by atoms with E-state index in [2.05, 4.69) is 0 Å². The van der Waals surface area contributed by atoms with Crippen molar-refractivity contribution in [2.24, 2.45) is 0 Å². The Balaban J connectivity index is 4.56. The number of hydrogen-bond acceptors (Lipinski definition) is 1. The second kappa shape index (κ2) is 4.87. The fourth-order valence-corrected chi connectivity index (χ4v) is 1.87. The third-order valence-electron chi connectivity index (χ3n) is 1.23. The molecule has 11 heteroatoms. The molecule has 0 saturated heterocycles. The zero-order valence-corrected chi connectivity index (χ0v) is 10.0. The van der Waals surface area contributed by atoms with Gasteiger partial charge in [-0.25, -0.2) is 0 Å². The average Bonchev–Trinajstić information content (AvgIpc) is 1.75. The van der Waals surface area contributed by atoms with Gasteiger partial charge in [0.25, 0.3) is 0 Å². The third kappa shape index (κ3) is 6.72. The first kappa shape index (κ1) is 15.6. The summed E-state index contributed by atoms with van der Waals surface area (Å²) in [5, 5.41) is 0. The van der Waals surface area contributed by atoms with Gasteiger partial charge in [0.15, 0.2) is 0 Å². The summed E-state index contributed by atoms with van der Waals surface area (Å²) >= 11 is 15.6. The zero-order chi connectivity index (χ0) is 12.5. The molecule has 0 aliphatic carbocycles. The lowest BCUT2D eigenvalue weighted by molar-refractivity contribution is -0.371. The first-order valence-electron chi connectivity index (χ1n) is 3.32. The summed E-state index contributed by atoms with van der Waals surface area (Å²) in [5.41, 5.74) is 0. The van der Waals surface area contributed by atoms with Gasteiger partial charge in [0, 0.05) is 6.54 Å². The van der Waals surface area contributed by atoms with Gasteiger partial charge in [-0.05, 0) is 6.04 Å². The monoisotopic (exact) mass is 313 g/mol. The van der Waals surface area contributed by atoms with E-state index in [9.17, 15) is 26.3 Å². The Morgan fingerprint density at radius 2 is 1.20 bits per heavy atom. The zero-order valence-electron chi connectivity index (χ0n) is 6.76. The molecule has 0 aromatic rings. The van der Waals surface area contributed by atoms with Crippen molar-refractivity contribution in [3.63, 3.8) is 0 Å². The van der Waals surface area contributed by atoms with Gasteiger partial charge in [-0.15, -0.1) is 38.1 Å². The van der Waals surface area contributed by atoms with Crippen molar-refractivity contribution in [2.75, 3.05) is 6.54 Å². The summed E-state index contributed by atoms with van der Waals surface area (Å²) < 4.78 is 71.3. The van der Waals surface area contributed by atoms with Crippen LogP contribution >= 0.6 is 33.2 Å². The van der Waals surface area contributed by atoms with Gasteiger partial charge in [0.05, 0.1) is 0 Å². The highest BCUT2D eigenvalue weighted by Crippen LogP contribution is 2.35. The Morgan fingerprint density at radius 3 is 1.40 bits per heavy atom. The van der Waals surface area contributed by atoms with Crippen LogP contribution in [0.3, 0.4) is 0 Å². The van der Waals surface area contributed by atoms with E-state index in [4.69, 9.17) is 33.2 Å². The topological polar surface area (TPSA) is 3.24 Å². The van der Waals surface area contributed by atoms with Gasteiger partial charge >= 0.3 is 18.6 Å². The maximum absolute atomic E-state index is 11.9.